The first-order valence-corrected chi connectivity index (χ1v) is 27.6. The molecule has 1 aromatic carbocycles. The van der Waals surface area contributed by atoms with E-state index in [0.717, 1.165) is 105 Å². The number of likely N-dealkylation sites (tertiary alicyclic amines) is 2. The number of rotatable bonds is 26. The first-order valence-electron chi connectivity index (χ1n) is 27.6. The molecule has 3 fully saturated rings. The number of imide groups is 1. The van der Waals surface area contributed by atoms with Crippen molar-refractivity contribution in [3.63, 3.8) is 0 Å². The second-order valence-corrected chi connectivity index (χ2v) is 21.0. The monoisotopic (exact) mass is 980 g/mol. The van der Waals surface area contributed by atoms with E-state index in [9.17, 15) is 14.4 Å². The van der Waals surface area contributed by atoms with Crippen LogP contribution in [0.4, 0.5) is 17.3 Å². The first-order chi connectivity index (χ1) is 34.6. The van der Waals surface area contributed by atoms with Gasteiger partial charge in [0.05, 0.1) is 17.5 Å². The predicted octanol–water partition coefficient (Wildman–Crippen LogP) is 9.40. The summed E-state index contributed by atoms with van der Waals surface area (Å²) in [5.74, 6) is 3.12. The number of carbonyl (C=O) groups excluding carboxylic acids is 3. The van der Waals surface area contributed by atoms with Gasteiger partial charge in [-0.3, -0.25) is 19.7 Å². The van der Waals surface area contributed by atoms with Gasteiger partial charge in [-0.15, -0.1) is 0 Å². The number of carbonyl (C=O) groups is 3. The number of nitrogens with zero attached hydrogens (tertiary/aromatic N) is 6. The Bertz CT molecular complexity index is 2110. The van der Waals surface area contributed by atoms with Gasteiger partial charge in [-0.1, -0.05) is 83.6 Å². The third-order valence-corrected chi connectivity index (χ3v) is 15.6. The van der Waals surface area contributed by atoms with Crippen molar-refractivity contribution >= 4 is 52.7 Å². The summed E-state index contributed by atoms with van der Waals surface area (Å²) in [6.07, 6.45) is 32.2. The largest absolute Gasteiger partial charge is 0.393 e. The molecule has 2 unspecified atom stereocenters. The summed E-state index contributed by atoms with van der Waals surface area (Å²) >= 11 is 0. The number of aryl methyl sites for hydroxylation is 1. The summed E-state index contributed by atoms with van der Waals surface area (Å²) < 4.78 is 6.06. The average molecular weight is 980 g/mol. The summed E-state index contributed by atoms with van der Waals surface area (Å²) in [6.45, 7) is 16.0. The number of amides is 3. The Morgan fingerprint density at radius 1 is 0.944 bits per heavy atom. The molecular weight excluding hydrogens is 891 g/mol. The molecule has 7 rings (SSSR count). The standard InChI is InChI=1S/C51H77N9O4.C6H12O/c1-6-11-47(50(63)55-36-61)60(37-62)46-18-15-39(31-48(46)57(4)5)12-9-28-64-29-10-23-58-24-21-42(22-25-58)35-59-26-19-41(20-27-59)30-40-13-16-43(17-14-40)44-33-52-49-45(44)34-54-51(56-49)53-32-38(7-2)8-3;7-6-4-2-1-3-5-6/h13,15-18,31,33-34,36-38,40-42,47H,6-12,14,19-30,32,35H2,1-5H3,(H,55,61,63)(H2,52,53,54,56);6-7H,1-5H2. The van der Waals surface area contributed by atoms with Gasteiger partial charge >= 0.3 is 0 Å². The molecular formula is C57H89N9O5. The Balaban J connectivity index is 0.00000108. The Hall–Kier alpha value is -4.63. The highest BCUT2D eigenvalue weighted by atomic mass is 16.5. The van der Waals surface area contributed by atoms with Crippen molar-refractivity contribution in [1.29, 1.82) is 0 Å². The smallest absolute Gasteiger partial charge is 0.249 e. The molecule has 2 atom stereocenters. The van der Waals surface area contributed by atoms with Crippen LogP contribution in [0.2, 0.25) is 0 Å². The molecule has 2 saturated heterocycles. The van der Waals surface area contributed by atoms with Crippen LogP contribution in [0.5, 0.6) is 0 Å². The van der Waals surface area contributed by atoms with Gasteiger partial charge in [0.2, 0.25) is 24.7 Å². The van der Waals surface area contributed by atoms with Gasteiger partial charge in [-0.25, -0.2) is 4.98 Å². The number of piperidine rings is 2. The van der Waals surface area contributed by atoms with Crippen LogP contribution in [0.25, 0.3) is 16.6 Å². The number of aromatic amines is 1. The number of anilines is 3. The maximum Gasteiger partial charge on any atom is 0.249 e. The van der Waals surface area contributed by atoms with E-state index in [-0.39, 0.29) is 6.10 Å². The lowest BCUT2D eigenvalue weighted by Gasteiger charge is -2.38. The van der Waals surface area contributed by atoms with Crippen molar-refractivity contribution in [3.8, 4) is 0 Å². The maximum absolute atomic E-state index is 12.6. The number of aliphatic hydroxyl groups excluding tert-OH is 1. The molecule has 392 valence electrons. The zero-order chi connectivity index (χ0) is 50.4. The van der Waals surface area contributed by atoms with Crippen molar-refractivity contribution in [2.45, 2.75) is 148 Å². The highest BCUT2D eigenvalue weighted by Gasteiger charge is 2.29. The molecule has 4 N–H and O–H groups in total. The molecule has 0 spiro atoms. The minimum Gasteiger partial charge on any atom is -0.393 e. The molecule has 3 aromatic rings. The average Bonchev–Trinajstić information content (AvgIpc) is 3.81. The van der Waals surface area contributed by atoms with Gasteiger partial charge in [0, 0.05) is 70.3 Å². The van der Waals surface area contributed by atoms with Gasteiger partial charge in [0.25, 0.3) is 0 Å². The molecule has 4 aliphatic rings. The molecule has 2 aromatic heterocycles. The number of benzene rings is 1. The summed E-state index contributed by atoms with van der Waals surface area (Å²) in [5, 5.41) is 15.6. The van der Waals surface area contributed by atoms with Gasteiger partial charge in [0.15, 0.2) is 0 Å². The Morgan fingerprint density at radius 2 is 1.68 bits per heavy atom. The molecule has 2 aliphatic heterocycles. The number of hydrogen-bond donors (Lipinski definition) is 4. The fraction of sp³-hybridized carbons (Fsp3) is 0.667. The Morgan fingerprint density at radius 3 is 2.32 bits per heavy atom. The highest BCUT2D eigenvalue weighted by Crippen LogP contribution is 2.35. The van der Waals surface area contributed by atoms with E-state index in [2.05, 4.69) is 74.7 Å². The van der Waals surface area contributed by atoms with E-state index in [0.29, 0.717) is 55.7 Å². The van der Waals surface area contributed by atoms with E-state index in [1.807, 2.05) is 44.2 Å². The van der Waals surface area contributed by atoms with Crippen LogP contribution in [0.1, 0.15) is 141 Å². The topological polar surface area (TPSA) is 159 Å². The third kappa shape index (κ3) is 17.2. The van der Waals surface area contributed by atoms with Crippen molar-refractivity contribution in [2.24, 2.45) is 23.7 Å². The Kier molecular flexibility index (Phi) is 23.4. The molecule has 2 aliphatic carbocycles. The molecule has 71 heavy (non-hydrogen) atoms. The van der Waals surface area contributed by atoms with Gasteiger partial charge in [-0.2, -0.15) is 4.98 Å². The van der Waals surface area contributed by atoms with E-state index in [4.69, 9.17) is 14.8 Å². The van der Waals surface area contributed by atoms with E-state index >= 15 is 0 Å². The number of aliphatic hydroxyl groups is 1. The summed E-state index contributed by atoms with van der Waals surface area (Å²) in [6, 6.07) is 5.23. The van der Waals surface area contributed by atoms with E-state index < -0.39 is 11.9 Å². The van der Waals surface area contributed by atoms with E-state index in [1.54, 1.807) is 0 Å². The number of nitrogens with one attached hydrogen (secondary N) is 3. The van der Waals surface area contributed by atoms with E-state index in [1.165, 1.54) is 100 Å². The summed E-state index contributed by atoms with van der Waals surface area (Å²) in [7, 11) is 3.85. The van der Waals surface area contributed by atoms with Gasteiger partial charge in [-0.05, 0) is 150 Å². The third-order valence-electron chi connectivity index (χ3n) is 15.6. The van der Waals surface area contributed by atoms with Crippen LogP contribution in [0, 0.1) is 23.7 Å². The zero-order valence-electron chi connectivity index (χ0n) is 44.1. The normalized spacial score (nSPS) is 19.0. The predicted molar refractivity (Wildman–Crippen MR) is 290 cm³/mol. The molecule has 14 heteroatoms. The van der Waals surface area contributed by atoms with Crippen molar-refractivity contribution in [1.82, 2.24) is 30.1 Å². The molecule has 0 bridgehead atoms. The summed E-state index contributed by atoms with van der Waals surface area (Å²) in [4.78, 5) is 57.4. The van der Waals surface area contributed by atoms with Crippen molar-refractivity contribution in [3.05, 3.63) is 59.9 Å². The molecule has 3 amide bonds. The minimum atomic E-state index is -0.758. The second kappa shape index (κ2) is 29.8. The number of fused-ring (bicyclic) bond motifs is 1. The quantitative estimate of drug-likeness (QED) is 0.0449. The number of H-pyrrole nitrogens is 1. The molecule has 4 heterocycles. The first kappa shape index (κ1) is 55.7. The lowest BCUT2D eigenvalue weighted by molar-refractivity contribution is -0.127. The van der Waals surface area contributed by atoms with Crippen LogP contribution in [-0.2, 0) is 25.5 Å². The second-order valence-electron chi connectivity index (χ2n) is 21.0. The number of ether oxygens (including phenoxy) is 1. The lowest BCUT2D eigenvalue weighted by Crippen LogP contribution is -2.46. The van der Waals surface area contributed by atoms with Crippen molar-refractivity contribution in [2.75, 3.05) is 88.2 Å². The maximum atomic E-state index is 12.6. The molecule has 1 saturated carbocycles. The van der Waals surface area contributed by atoms with Crippen LogP contribution >= 0.6 is 0 Å². The van der Waals surface area contributed by atoms with Crippen LogP contribution in [-0.4, -0.2) is 134 Å². The minimum absolute atomic E-state index is 0.0359. The van der Waals surface area contributed by atoms with Crippen LogP contribution in [0.3, 0.4) is 0 Å². The zero-order valence-corrected chi connectivity index (χ0v) is 44.1. The van der Waals surface area contributed by atoms with Gasteiger partial charge in [0.1, 0.15) is 11.7 Å². The SMILES string of the molecule is CCCC(C(=O)NC=O)N(C=O)c1ccc(CCCOCCCN2CCC(CN3CCC(CC4C=CC(c5c[nH]c6nc(NCC(CC)CC)ncc56)=CC4)CC3)CC2)cc1N(C)C.OC1CCCCC1. The van der Waals surface area contributed by atoms with Gasteiger partial charge < -0.3 is 39.7 Å². The van der Waals surface area contributed by atoms with Crippen LogP contribution in [0.15, 0.2) is 48.8 Å². The van der Waals surface area contributed by atoms with Crippen molar-refractivity contribution < 1.29 is 24.2 Å². The number of allylic oxidation sites excluding steroid dienone is 4. The highest BCUT2D eigenvalue weighted by molar-refractivity contribution is 5.98. The fourth-order valence-corrected chi connectivity index (χ4v) is 11.0. The van der Waals surface area contributed by atoms with Crippen LogP contribution < -0.4 is 20.4 Å². The fourth-order valence-electron chi connectivity index (χ4n) is 11.0. The number of aromatic nitrogens is 3. The summed E-state index contributed by atoms with van der Waals surface area (Å²) in [5.41, 5.74) is 6.02. The number of hydrogen-bond acceptors (Lipinski definition) is 11. The Labute approximate surface area is 425 Å². The molecule has 0 radical (unpaired) electrons. The lowest BCUT2D eigenvalue weighted by atomic mass is 9.82. The molecule has 14 nitrogen and oxygen atoms in total.